The van der Waals surface area contributed by atoms with E-state index in [-0.39, 0.29) is 0 Å². The molecule has 2 fully saturated rings. The predicted molar refractivity (Wildman–Crippen MR) is 67.1 cm³/mol. The van der Waals surface area contributed by atoms with Crippen LogP contribution < -0.4 is 4.74 Å². The summed E-state index contributed by atoms with van der Waals surface area (Å²) in [4.78, 5) is 6.80. The van der Waals surface area contributed by atoms with E-state index < -0.39 is 0 Å². The van der Waals surface area contributed by atoms with Gasteiger partial charge in [0.25, 0.3) is 0 Å². The minimum atomic E-state index is 0.432. The molecule has 2 aliphatic rings. The van der Waals surface area contributed by atoms with Gasteiger partial charge in [-0.1, -0.05) is 6.07 Å². The summed E-state index contributed by atoms with van der Waals surface area (Å²) in [5, 5.41) is 0. The Balaban J connectivity index is 1.50. The van der Waals surface area contributed by atoms with Gasteiger partial charge >= 0.3 is 0 Å². The van der Waals surface area contributed by atoms with Crippen molar-refractivity contribution < 1.29 is 4.74 Å². The Morgan fingerprint density at radius 1 is 1.24 bits per heavy atom. The molecule has 0 radical (unpaired) electrons. The Labute approximate surface area is 103 Å². The zero-order valence-corrected chi connectivity index (χ0v) is 10.3. The summed E-state index contributed by atoms with van der Waals surface area (Å²) in [5.74, 6) is 0.764. The van der Waals surface area contributed by atoms with Crippen molar-refractivity contribution in [1.29, 1.82) is 0 Å². The number of aromatic nitrogens is 1. The Bertz CT molecular complexity index is 356. The monoisotopic (exact) mass is 232 g/mol. The summed E-state index contributed by atoms with van der Waals surface area (Å²) < 4.78 is 5.81. The van der Waals surface area contributed by atoms with Crippen molar-refractivity contribution in [2.75, 3.05) is 26.2 Å². The lowest BCUT2D eigenvalue weighted by atomic mass is 10.1. The molecule has 1 aromatic heterocycles. The zero-order valence-electron chi connectivity index (χ0n) is 10.3. The molecule has 3 heteroatoms. The lowest BCUT2D eigenvalue weighted by Crippen LogP contribution is -2.31. The van der Waals surface area contributed by atoms with Crippen LogP contribution in [0.2, 0.25) is 0 Å². The fraction of sp³-hybridized carbons (Fsp3) is 0.643. The van der Waals surface area contributed by atoms with Crippen molar-refractivity contribution in [3.8, 4) is 5.88 Å². The van der Waals surface area contributed by atoms with E-state index in [1.165, 1.54) is 45.3 Å². The van der Waals surface area contributed by atoms with Gasteiger partial charge in [-0.2, -0.15) is 0 Å². The van der Waals surface area contributed by atoms with Crippen LogP contribution in [0.3, 0.4) is 0 Å². The van der Waals surface area contributed by atoms with Gasteiger partial charge in [-0.25, -0.2) is 4.98 Å². The van der Waals surface area contributed by atoms with Gasteiger partial charge in [0.15, 0.2) is 0 Å². The first kappa shape index (κ1) is 11.0. The third-order valence-corrected chi connectivity index (χ3v) is 3.88. The molecule has 3 rings (SSSR count). The molecule has 1 aliphatic carbocycles. The molecule has 0 unspecified atom stereocenters. The van der Waals surface area contributed by atoms with E-state index in [2.05, 4.69) is 9.88 Å². The first-order valence-electron chi connectivity index (χ1n) is 6.63. The normalized spacial score (nSPS) is 22.6. The standard InChI is InChI=1S/C14H20N2O/c1-2-8-15-13(5-1)17-12-14(6-7-14)11-16-9-3-4-10-16/h1-2,5,8H,3-4,6-7,9-12H2. The van der Waals surface area contributed by atoms with Gasteiger partial charge in [-0.15, -0.1) is 0 Å². The fourth-order valence-corrected chi connectivity index (χ4v) is 2.60. The lowest BCUT2D eigenvalue weighted by Gasteiger charge is -2.22. The van der Waals surface area contributed by atoms with Gasteiger partial charge in [0.1, 0.15) is 0 Å². The number of hydrogen-bond acceptors (Lipinski definition) is 3. The second kappa shape index (κ2) is 4.65. The SMILES string of the molecule is c1ccc(OCC2(CN3CCCC3)CC2)nc1. The maximum atomic E-state index is 5.81. The van der Waals surface area contributed by atoms with E-state index in [1.807, 2.05) is 18.2 Å². The van der Waals surface area contributed by atoms with E-state index in [0.717, 1.165) is 12.5 Å². The van der Waals surface area contributed by atoms with Gasteiger partial charge in [0, 0.05) is 24.2 Å². The van der Waals surface area contributed by atoms with E-state index in [1.54, 1.807) is 6.20 Å². The average Bonchev–Trinajstić information content (AvgIpc) is 2.93. The highest BCUT2D eigenvalue weighted by molar-refractivity contribution is 5.10. The van der Waals surface area contributed by atoms with Crippen molar-refractivity contribution in [1.82, 2.24) is 9.88 Å². The van der Waals surface area contributed by atoms with Gasteiger partial charge < -0.3 is 9.64 Å². The second-order valence-electron chi connectivity index (χ2n) is 5.44. The predicted octanol–water partition coefficient (Wildman–Crippen LogP) is 2.34. The topological polar surface area (TPSA) is 25.4 Å². The molecule has 1 saturated carbocycles. The molecule has 17 heavy (non-hydrogen) atoms. The van der Waals surface area contributed by atoms with Crippen LogP contribution >= 0.6 is 0 Å². The fourth-order valence-electron chi connectivity index (χ4n) is 2.60. The van der Waals surface area contributed by atoms with E-state index in [4.69, 9.17) is 4.74 Å². The number of hydrogen-bond donors (Lipinski definition) is 0. The highest BCUT2D eigenvalue weighted by Crippen LogP contribution is 2.46. The second-order valence-corrected chi connectivity index (χ2v) is 5.44. The summed E-state index contributed by atoms with van der Waals surface area (Å²) in [5.41, 5.74) is 0.432. The van der Waals surface area contributed by atoms with E-state index >= 15 is 0 Å². The summed E-state index contributed by atoms with van der Waals surface area (Å²) in [6.07, 6.45) is 7.16. The Hall–Kier alpha value is -1.09. The third-order valence-electron chi connectivity index (χ3n) is 3.88. The Kier molecular flexibility index (Phi) is 3.02. The third kappa shape index (κ3) is 2.78. The smallest absolute Gasteiger partial charge is 0.213 e. The molecule has 0 N–H and O–H groups in total. The number of pyridine rings is 1. The average molecular weight is 232 g/mol. The molecule has 0 amide bonds. The maximum absolute atomic E-state index is 5.81. The molecule has 0 spiro atoms. The first-order chi connectivity index (χ1) is 8.36. The molecule has 0 bridgehead atoms. The number of ether oxygens (including phenoxy) is 1. The van der Waals surface area contributed by atoms with Gasteiger partial charge in [-0.3, -0.25) is 0 Å². The molecule has 3 nitrogen and oxygen atoms in total. The molecule has 2 heterocycles. The van der Waals surface area contributed by atoms with Gasteiger partial charge in [0.2, 0.25) is 5.88 Å². The van der Waals surface area contributed by atoms with Crippen LogP contribution in [0.25, 0.3) is 0 Å². The van der Waals surface area contributed by atoms with Crippen LogP contribution in [0.15, 0.2) is 24.4 Å². The van der Waals surface area contributed by atoms with Crippen LogP contribution in [0.1, 0.15) is 25.7 Å². The zero-order chi connectivity index (χ0) is 11.6. The number of rotatable bonds is 5. The minimum Gasteiger partial charge on any atom is -0.477 e. The highest BCUT2D eigenvalue weighted by Gasteiger charge is 2.45. The quantitative estimate of drug-likeness (QED) is 0.779. The molecule has 0 aromatic carbocycles. The molecule has 1 aliphatic heterocycles. The summed E-state index contributed by atoms with van der Waals surface area (Å²) in [7, 11) is 0. The van der Waals surface area contributed by atoms with Gasteiger partial charge in [-0.05, 0) is 44.8 Å². The van der Waals surface area contributed by atoms with E-state index in [9.17, 15) is 0 Å². The summed E-state index contributed by atoms with van der Waals surface area (Å²) >= 11 is 0. The first-order valence-corrected chi connectivity index (χ1v) is 6.63. The molecule has 92 valence electrons. The highest BCUT2D eigenvalue weighted by atomic mass is 16.5. The molecule has 1 aromatic rings. The van der Waals surface area contributed by atoms with Crippen LogP contribution in [-0.4, -0.2) is 36.1 Å². The molecule has 0 atom stereocenters. The van der Waals surface area contributed by atoms with Crippen LogP contribution in [0.5, 0.6) is 5.88 Å². The van der Waals surface area contributed by atoms with Crippen molar-refractivity contribution in [3.63, 3.8) is 0 Å². The summed E-state index contributed by atoms with van der Waals surface area (Å²) in [6.45, 7) is 4.62. The minimum absolute atomic E-state index is 0.432. The molecular formula is C14H20N2O. The summed E-state index contributed by atoms with van der Waals surface area (Å²) in [6, 6.07) is 5.83. The van der Waals surface area contributed by atoms with Gasteiger partial charge in [0.05, 0.1) is 6.61 Å². The van der Waals surface area contributed by atoms with Crippen molar-refractivity contribution >= 4 is 0 Å². The molecule has 1 saturated heterocycles. The van der Waals surface area contributed by atoms with Crippen molar-refractivity contribution in [2.24, 2.45) is 5.41 Å². The largest absolute Gasteiger partial charge is 0.477 e. The van der Waals surface area contributed by atoms with Crippen LogP contribution in [0.4, 0.5) is 0 Å². The van der Waals surface area contributed by atoms with Crippen LogP contribution in [0, 0.1) is 5.41 Å². The Morgan fingerprint density at radius 3 is 2.71 bits per heavy atom. The number of likely N-dealkylation sites (tertiary alicyclic amines) is 1. The van der Waals surface area contributed by atoms with E-state index in [0.29, 0.717) is 5.41 Å². The van der Waals surface area contributed by atoms with Crippen molar-refractivity contribution in [2.45, 2.75) is 25.7 Å². The van der Waals surface area contributed by atoms with Crippen LogP contribution in [-0.2, 0) is 0 Å². The lowest BCUT2D eigenvalue weighted by molar-refractivity contribution is 0.175. The Morgan fingerprint density at radius 2 is 2.06 bits per heavy atom. The maximum Gasteiger partial charge on any atom is 0.213 e. The number of nitrogens with zero attached hydrogens (tertiary/aromatic N) is 2. The molecular weight excluding hydrogens is 212 g/mol. The van der Waals surface area contributed by atoms with Crippen molar-refractivity contribution in [3.05, 3.63) is 24.4 Å².